The van der Waals surface area contributed by atoms with Crippen LogP contribution in [0.1, 0.15) is 38.3 Å². The number of amides is 4. The quantitative estimate of drug-likeness (QED) is 0.488. The van der Waals surface area contributed by atoms with E-state index < -0.39 is 12.2 Å². The van der Waals surface area contributed by atoms with Crippen LogP contribution in [-0.4, -0.2) is 90.3 Å². The number of rotatable bonds is 10. The summed E-state index contributed by atoms with van der Waals surface area (Å²) in [6, 6.07) is 14.5. The van der Waals surface area contributed by atoms with Gasteiger partial charge in [-0.1, -0.05) is 57.2 Å². The van der Waals surface area contributed by atoms with E-state index in [1.165, 1.54) is 0 Å². The highest BCUT2D eigenvalue weighted by atomic mass is 16.5. The minimum Gasteiger partial charge on any atom is -0.493 e. The number of ether oxygens (including phenoxy) is 2. The number of hydrogen-bond acceptors (Lipinski definition) is 6. The van der Waals surface area contributed by atoms with Crippen molar-refractivity contribution in [2.45, 2.75) is 52.4 Å². The summed E-state index contributed by atoms with van der Waals surface area (Å²) in [5.74, 6) is 1.26. The lowest BCUT2D eigenvalue weighted by atomic mass is 9.96. The normalized spacial score (nSPS) is 19.6. The molecule has 216 valence electrons. The lowest BCUT2D eigenvalue weighted by molar-refractivity contribution is -0.190. The first-order chi connectivity index (χ1) is 19.3. The molecule has 10 nitrogen and oxygen atoms in total. The van der Waals surface area contributed by atoms with Crippen molar-refractivity contribution in [2.24, 2.45) is 5.92 Å². The van der Waals surface area contributed by atoms with Gasteiger partial charge in [-0.25, -0.2) is 14.8 Å². The van der Waals surface area contributed by atoms with Crippen LogP contribution in [-0.2, 0) is 22.6 Å². The molecular formula is C30H41N5O5. The van der Waals surface area contributed by atoms with Crippen LogP contribution >= 0.6 is 0 Å². The van der Waals surface area contributed by atoms with Crippen molar-refractivity contribution in [3.8, 4) is 11.5 Å². The molecule has 0 radical (unpaired) electrons. The maximum Gasteiger partial charge on any atom is 0.334 e. The van der Waals surface area contributed by atoms with Crippen molar-refractivity contribution in [3.05, 3.63) is 59.7 Å². The number of hydrogen-bond donors (Lipinski definition) is 1. The van der Waals surface area contributed by atoms with E-state index in [4.69, 9.17) is 9.47 Å². The highest BCUT2D eigenvalue weighted by molar-refractivity contribution is 5.91. The van der Waals surface area contributed by atoms with Crippen LogP contribution in [0.3, 0.4) is 0 Å². The molecule has 2 aliphatic rings. The van der Waals surface area contributed by atoms with Gasteiger partial charge in [0, 0.05) is 19.6 Å². The number of piperazine rings is 1. The Morgan fingerprint density at radius 2 is 1.75 bits per heavy atom. The van der Waals surface area contributed by atoms with Gasteiger partial charge in [0.25, 0.3) is 0 Å². The summed E-state index contributed by atoms with van der Waals surface area (Å²) in [5.41, 5.74) is 1.98. The summed E-state index contributed by atoms with van der Waals surface area (Å²) in [5, 5.41) is 6.44. The number of nitrogens with zero attached hydrogens (tertiary/aromatic N) is 4. The van der Waals surface area contributed by atoms with Gasteiger partial charge in [0.05, 0.1) is 27.3 Å². The Morgan fingerprint density at radius 3 is 2.40 bits per heavy atom. The van der Waals surface area contributed by atoms with Crippen LogP contribution in [0.5, 0.6) is 11.5 Å². The number of fused-ring (bicyclic) bond motifs is 1. The van der Waals surface area contributed by atoms with Crippen molar-refractivity contribution in [2.75, 3.05) is 40.4 Å². The minimum absolute atomic E-state index is 0.0548. The summed E-state index contributed by atoms with van der Waals surface area (Å²) >= 11 is 0. The third-order valence-corrected chi connectivity index (χ3v) is 7.50. The maximum atomic E-state index is 13.8. The molecule has 2 heterocycles. The molecule has 2 atom stereocenters. The van der Waals surface area contributed by atoms with Gasteiger partial charge < -0.3 is 24.6 Å². The standard InChI is InChI=1S/C30H41N5O5/c1-6-33-20-28(36)34-24(16-21(2)3)29(37)32(15-14-22-12-13-25(39-4)26(17-22)40-5)19-27(34)35(33)30(38)31-18-23-10-8-7-9-11-23/h7-13,17,21,24,27H,6,14-16,18-20H2,1-5H3,(H,31,38)/t24-,27-/m0/s1. The SMILES string of the molecule is CCN1CC(=O)N2[C@@H](CC(C)C)C(=O)N(CCc3ccc(OC)c(OC)c3)C[C@@H]2N1C(=O)NCc1ccccc1. The van der Waals surface area contributed by atoms with Gasteiger partial charge in [-0.2, -0.15) is 0 Å². The largest absolute Gasteiger partial charge is 0.493 e. The van der Waals surface area contributed by atoms with E-state index in [2.05, 4.69) is 5.32 Å². The lowest BCUT2D eigenvalue weighted by Gasteiger charge is -2.55. The molecule has 2 saturated heterocycles. The van der Waals surface area contributed by atoms with Gasteiger partial charge >= 0.3 is 6.03 Å². The summed E-state index contributed by atoms with van der Waals surface area (Å²) in [7, 11) is 3.19. The van der Waals surface area contributed by atoms with E-state index in [0.717, 1.165) is 11.1 Å². The fraction of sp³-hybridized carbons (Fsp3) is 0.500. The molecule has 0 aromatic heterocycles. The van der Waals surface area contributed by atoms with Crippen molar-refractivity contribution >= 4 is 17.8 Å². The first kappa shape index (κ1) is 29.2. The highest BCUT2D eigenvalue weighted by Gasteiger charge is 2.51. The Hall–Kier alpha value is -3.79. The summed E-state index contributed by atoms with van der Waals surface area (Å²) in [6.45, 7) is 7.61. The fourth-order valence-electron chi connectivity index (χ4n) is 5.50. The predicted octanol–water partition coefficient (Wildman–Crippen LogP) is 3.12. The van der Waals surface area contributed by atoms with Gasteiger partial charge in [0.1, 0.15) is 12.2 Å². The second-order valence-corrected chi connectivity index (χ2v) is 10.6. The average molecular weight is 552 g/mol. The van der Waals surface area contributed by atoms with E-state index >= 15 is 0 Å². The molecule has 0 bridgehead atoms. The number of likely N-dealkylation sites (N-methyl/N-ethyl adjacent to an activating group) is 1. The maximum absolute atomic E-state index is 13.8. The summed E-state index contributed by atoms with van der Waals surface area (Å²) in [4.78, 5) is 44.3. The zero-order valence-electron chi connectivity index (χ0n) is 24.1. The Bertz CT molecular complexity index is 1190. The Balaban J connectivity index is 1.59. The molecule has 0 aliphatic carbocycles. The lowest BCUT2D eigenvalue weighted by Crippen LogP contribution is -2.76. The Labute approximate surface area is 236 Å². The molecule has 4 amide bonds. The second kappa shape index (κ2) is 13.0. The van der Waals surface area contributed by atoms with E-state index in [1.54, 1.807) is 34.0 Å². The minimum atomic E-state index is -0.625. The molecule has 2 fully saturated rings. The highest BCUT2D eigenvalue weighted by Crippen LogP contribution is 2.31. The van der Waals surface area contributed by atoms with Gasteiger partial charge in [-0.05, 0) is 42.0 Å². The third-order valence-electron chi connectivity index (χ3n) is 7.50. The van der Waals surface area contributed by atoms with Crippen LogP contribution in [0.25, 0.3) is 0 Å². The van der Waals surface area contributed by atoms with Crippen LogP contribution in [0, 0.1) is 5.92 Å². The summed E-state index contributed by atoms with van der Waals surface area (Å²) < 4.78 is 10.8. The number of benzene rings is 2. The number of carbonyl (C=O) groups is 3. The van der Waals surface area contributed by atoms with Crippen LogP contribution in [0.2, 0.25) is 0 Å². The van der Waals surface area contributed by atoms with Gasteiger partial charge in [-0.15, -0.1) is 0 Å². The molecule has 2 aromatic rings. The van der Waals surface area contributed by atoms with Crippen molar-refractivity contribution in [3.63, 3.8) is 0 Å². The monoisotopic (exact) mass is 551 g/mol. The number of carbonyl (C=O) groups excluding carboxylic acids is 3. The zero-order valence-corrected chi connectivity index (χ0v) is 24.1. The van der Waals surface area contributed by atoms with E-state index in [1.807, 2.05) is 69.3 Å². The predicted molar refractivity (Wildman–Crippen MR) is 151 cm³/mol. The summed E-state index contributed by atoms with van der Waals surface area (Å²) in [6.07, 6.45) is 0.530. The second-order valence-electron chi connectivity index (χ2n) is 10.6. The average Bonchev–Trinajstić information content (AvgIpc) is 2.96. The number of urea groups is 1. The van der Waals surface area contributed by atoms with E-state index in [9.17, 15) is 14.4 Å². The van der Waals surface area contributed by atoms with E-state index in [-0.39, 0.29) is 36.9 Å². The molecule has 0 saturated carbocycles. The Morgan fingerprint density at radius 1 is 1.02 bits per heavy atom. The molecule has 10 heteroatoms. The molecule has 0 spiro atoms. The van der Waals surface area contributed by atoms with Gasteiger partial charge in [0.15, 0.2) is 11.5 Å². The molecule has 4 rings (SSSR count). The topological polar surface area (TPSA) is 94.7 Å². The molecule has 0 unspecified atom stereocenters. The first-order valence-corrected chi connectivity index (χ1v) is 13.9. The zero-order chi connectivity index (χ0) is 28.8. The number of methoxy groups -OCH3 is 2. The van der Waals surface area contributed by atoms with Gasteiger partial charge in [-0.3, -0.25) is 9.59 Å². The van der Waals surface area contributed by atoms with E-state index in [0.29, 0.717) is 44.0 Å². The number of hydrazine groups is 1. The van der Waals surface area contributed by atoms with Crippen molar-refractivity contribution < 1.29 is 23.9 Å². The van der Waals surface area contributed by atoms with Crippen LogP contribution in [0.4, 0.5) is 4.79 Å². The molecule has 1 N–H and O–H groups in total. The van der Waals surface area contributed by atoms with Crippen LogP contribution < -0.4 is 14.8 Å². The third kappa shape index (κ3) is 6.33. The fourth-order valence-corrected chi connectivity index (χ4v) is 5.50. The molecular weight excluding hydrogens is 510 g/mol. The van der Waals surface area contributed by atoms with Crippen molar-refractivity contribution in [1.29, 1.82) is 0 Å². The van der Waals surface area contributed by atoms with Gasteiger partial charge in [0.2, 0.25) is 11.8 Å². The molecule has 2 aliphatic heterocycles. The smallest absolute Gasteiger partial charge is 0.334 e. The van der Waals surface area contributed by atoms with Crippen molar-refractivity contribution in [1.82, 2.24) is 25.1 Å². The number of nitrogens with one attached hydrogen (secondary N) is 1. The Kier molecular flexibility index (Phi) is 9.52. The van der Waals surface area contributed by atoms with Crippen LogP contribution in [0.15, 0.2) is 48.5 Å². The molecule has 40 heavy (non-hydrogen) atoms. The molecule has 2 aromatic carbocycles. The first-order valence-electron chi connectivity index (χ1n) is 13.9.